The maximum atomic E-state index is 13.9. The summed E-state index contributed by atoms with van der Waals surface area (Å²) in [6.45, 7) is 0. The first kappa shape index (κ1) is 13.0. The van der Waals surface area contributed by atoms with E-state index in [0.29, 0.717) is 12.0 Å². The van der Waals surface area contributed by atoms with Crippen LogP contribution in [0.1, 0.15) is 17.2 Å². The number of aromatic nitrogens is 1. The Morgan fingerprint density at radius 1 is 1.28 bits per heavy atom. The number of nitrogens with two attached hydrogens (primary N) is 1. The van der Waals surface area contributed by atoms with Crippen molar-refractivity contribution in [1.29, 1.82) is 0 Å². The lowest BCUT2D eigenvalue weighted by atomic mass is 9.99. The van der Waals surface area contributed by atoms with E-state index in [4.69, 9.17) is 17.4 Å². The van der Waals surface area contributed by atoms with Gasteiger partial charge in [-0.05, 0) is 30.2 Å². The molecule has 2 rings (SSSR count). The first-order valence-corrected chi connectivity index (χ1v) is 5.89. The van der Waals surface area contributed by atoms with Crippen molar-refractivity contribution in [3.05, 3.63) is 64.7 Å². The fourth-order valence-corrected chi connectivity index (χ4v) is 1.98. The quantitative estimate of drug-likeness (QED) is 0.660. The van der Waals surface area contributed by atoms with Crippen LogP contribution < -0.4 is 11.3 Å². The van der Waals surface area contributed by atoms with Gasteiger partial charge in [0.05, 0.1) is 11.1 Å². The summed E-state index contributed by atoms with van der Waals surface area (Å²) in [6, 6.07) is 8.30. The zero-order valence-corrected chi connectivity index (χ0v) is 10.4. The molecule has 0 bridgehead atoms. The molecule has 0 saturated carbocycles. The molecule has 0 saturated heterocycles. The zero-order chi connectivity index (χ0) is 13.0. The molecule has 0 fully saturated rings. The number of hydrogen-bond donors (Lipinski definition) is 2. The maximum Gasteiger partial charge on any atom is 0.146 e. The average Bonchev–Trinajstić information content (AvgIpc) is 2.41. The van der Waals surface area contributed by atoms with Crippen molar-refractivity contribution in [3.8, 4) is 0 Å². The third-order valence-electron chi connectivity index (χ3n) is 2.75. The van der Waals surface area contributed by atoms with E-state index >= 15 is 0 Å². The molecule has 1 heterocycles. The predicted molar refractivity (Wildman–Crippen MR) is 69.4 cm³/mol. The third kappa shape index (κ3) is 2.85. The molecule has 94 valence electrons. The fraction of sp³-hybridized carbons (Fsp3) is 0.154. The van der Waals surface area contributed by atoms with Crippen molar-refractivity contribution in [1.82, 2.24) is 10.4 Å². The Bertz CT molecular complexity index is 519. The van der Waals surface area contributed by atoms with E-state index in [1.54, 1.807) is 24.5 Å². The Morgan fingerprint density at radius 3 is 2.67 bits per heavy atom. The molecule has 2 aromatic rings. The average molecular weight is 266 g/mol. The molecule has 5 heteroatoms. The molecule has 18 heavy (non-hydrogen) atoms. The van der Waals surface area contributed by atoms with E-state index in [2.05, 4.69) is 10.4 Å². The van der Waals surface area contributed by atoms with E-state index in [-0.39, 0.29) is 11.1 Å². The van der Waals surface area contributed by atoms with Gasteiger partial charge in [-0.3, -0.25) is 16.3 Å². The molecular weight excluding hydrogens is 253 g/mol. The van der Waals surface area contributed by atoms with Crippen LogP contribution in [0.2, 0.25) is 5.02 Å². The molecule has 1 aromatic carbocycles. The van der Waals surface area contributed by atoms with Gasteiger partial charge < -0.3 is 0 Å². The van der Waals surface area contributed by atoms with Crippen LogP contribution >= 0.6 is 11.6 Å². The highest BCUT2D eigenvalue weighted by molar-refractivity contribution is 6.30. The highest BCUT2D eigenvalue weighted by Crippen LogP contribution is 2.25. The highest BCUT2D eigenvalue weighted by Gasteiger charge is 2.16. The van der Waals surface area contributed by atoms with Gasteiger partial charge in [-0.25, -0.2) is 4.39 Å². The standard InChI is InChI=1S/C13H13ClFN3/c14-11-3-1-2-10(13(11)15)12(18-16)8-9-4-6-17-7-5-9/h1-7,12,18H,8,16H2. The minimum absolute atomic E-state index is 0.0995. The van der Waals surface area contributed by atoms with Crippen molar-refractivity contribution in [2.45, 2.75) is 12.5 Å². The number of pyridine rings is 1. The molecule has 1 aromatic heterocycles. The third-order valence-corrected chi connectivity index (χ3v) is 3.04. The van der Waals surface area contributed by atoms with Gasteiger partial charge in [-0.2, -0.15) is 0 Å². The van der Waals surface area contributed by atoms with Crippen LogP contribution in [0, 0.1) is 5.82 Å². The molecule has 3 nitrogen and oxygen atoms in total. The summed E-state index contributed by atoms with van der Waals surface area (Å²) in [6.07, 6.45) is 3.95. The number of hydrogen-bond acceptors (Lipinski definition) is 3. The number of hydrazine groups is 1. The fourth-order valence-electron chi connectivity index (χ4n) is 1.80. The molecular formula is C13H13ClFN3. The lowest BCUT2D eigenvalue weighted by molar-refractivity contribution is 0.510. The lowest BCUT2D eigenvalue weighted by Gasteiger charge is -2.17. The second-order valence-electron chi connectivity index (χ2n) is 3.92. The van der Waals surface area contributed by atoms with Crippen LogP contribution in [0.5, 0.6) is 0 Å². The van der Waals surface area contributed by atoms with Gasteiger partial charge in [0.1, 0.15) is 5.82 Å². The first-order chi connectivity index (χ1) is 8.72. The number of nitrogens with one attached hydrogen (secondary N) is 1. The van der Waals surface area contributed by atoms with E-state index in [0.717, 1.165) is 5.56 Å². The molecule has 1 unspecified atom stereocenters. The first-order valence-electron chi connectivity index (χ1n) is 5.51. The van der Waals surface area contributed by atoms with Gasteiger partial charge in [0, 0.05) is 18.0 Å². The van der Waals surface area contributed by atoms with Gasteiger partial charge >= 0.3 is 0 Å². The largest absolute Gasteiger partial charge is 0.271 e. The summed E-state index contributed by atoms with van der Waals surface area (Å²) < 4.78 is 13.9. The number of halogens is 2. The Kier molecular flexibility index (Phi) is 4.25. The van der Waals surface area contributed by atoms with Crippen LogP contribution in [0.3, 0.4) is 0 Å². The smallest absolute Gasteiger partial charge is 0.146 e. The number of rotatable bonds is 4. The molecule has 3 N–H and O–H groups in total. The molecule has 0 aliphatic rings. The highest BCUT2D eigenvalue weighted by atomic mass is 35.5. The molecule has 1 atom stereocenters. The Labute approximate surface area is 110 Å². The van der Waals surface area contributed by atoms with E-state index in [1.165, 1.54) is 6.07 Å². The second-order valence-corrected chi connectivity index (χ2v) is 4.33. The van der Waals surface area contributed by atoms with Crippen molar-refractivity contribution in [3.63, 3.8) is 0 Å². The predicted octanol–water partition coefficient (Wildman–Crippen LogP) is 2.62. The van der Waals surface area contributed by atoms with Crippen LogP contribution in [0.15, 0.2) is 42.7 Å². The summed E-state index contributed by atoms with van der Waals surface area (Å²) >= 11 is 5.76. The van der Waals surface area contributed by atoms with Gasteiger partial charge in [-0.15, -0.1) is 0 Å². The van der Waals surface area contributed by atoms with Gasteiger partial charge in [0.15, 0.2) is 0 Å². The minimum Gasteiger partial charge on any atom is -0.271 e. The lowest BCUT2D eigenvalue weighted by Crippen LogP contribution is -2.30. The monoisotopic (exact) mass is 265 g/mol. The Hall–Kier alpha value is -1.49. The SMILES string of the molecule is NNC(Cc1ccncc1)c1cccc(Cl)c1F. The summed E-state index contributed by atoms with van der Waals surface area (Å²) in [5, 5.41) is 0.0995. The Morgan fingerprint density at radius 2 is 2.00 bits per heavy atom. The topological polar surface area (TPSA) is 50.9 Å². The molecule has 0 aliphatic carbocycles. The summed E-state index contributed by atoms with van der Waals surface area (Å²) in [5.41, 5.74) is 4.10. The Balaban J connectivity index is 2.26. The van der Waals surface area contributed by atoms with Gasteiger partial charge in [0.25, 0.3) is 0 Å². The summed E-state index contributed by atoms with van der Waals surface area (Å²) in [5.74, 6) is 5.06. The number of benzene rings is 1. The van der Waals surface area contributed by atoms with Crippen LogP contribution in [-0.4, -0.2) is 4.98 Å². The van der Waals surface area contributed by atoms with Gasteiger partial charge in [0.2, 0.25) is 0 Å². The second kappa shape index (κ2) is 5.91. The molecule has 0 radical (unpaired) electrons. The van der Waals surface area contributed by atoms with Crippen molar-refractivity contribution in [2.75, 3.05) is 0 Å². The van der Waals surface area contributed by atoms with E-state index in [1.807, 2.05) is 12.1 Å². The van der Waals surface area contributed by atoms with E-state index in [9.17, 15) is 4.39 Å². The normalized spacial score (nSPS) is 12.4. The molecule has 0 aliphatic heterocycles. The number of nitrogens with zero attached hydrogens (tertiary/aromatic N) is 1. The minimum atomic E-state index is -0.434. The molecule has 0 spiro atoms. The van der Waals surface area contributed by atoms with Crippen molar-refractivity contribution in [2.24, 2.45) is 5.84 Å². The summed E-state index contributed by atoms with van der Waals surface area (Å²) in [7, 11) is 0. The zero-order valence-electron chi connectivity index (χ0n) is 9.61. The van der Waals surface area contributed by atoms with Crippen molar-refractivity contribution < 1.29 is 4.39 Å². The maximum absolute atomic E-state index is 13.9. The van der Waals surface area contributed by atoms with Crippen molar-refractivity contribution >= 4 is 11.6 Å². The van der Waals surface area contributed by atoms with Crippen LogP contribution in [0.25, 0.3) is 0 Å². The van der Waals surface area contributed by atoms with Gasteiger partial charge in [-0.1, -0.05) is 23.7 Å². The molecule has 0 amide bonds. The van der Waals surface area contributed by atoms with E-state index < -0.39 is 5.82 Å². The van der Waals surface area contributed by atoms with Crippen LogP contribution in [0.4, 0.5) is 4.39 Å². The summed E-state index contributed by atoms with van der Waals surface area (Å²) in [4.78, 5) is 3.94. The van der Waals surface area contributed by atoms with Crippen LogP contribution in [-0.2, 0) is 6.42 Å².